The molecule has 114 valence electrons. The van der Waals surface area contributed by atoms with Gasteiger partial charge in [-0.25, -0.2) is 0 Å². The van der Waals surface area contributed by atoms with Crippen molar-refractivity contribution in [2.45, 2.75) is 13.5 Å². The highest BCUT2D eigenvalue weighted by Gasteiger charge is 2.11. The number of aromatic nitrogens is 4. The largest absolute Gasteiger partial charge is 0.288 e. The zero-order chi connectivity index (χ0) is 16.1. The van der Waals surface area contributed by atoms with Gasteiger partial charge in [0.2, 0.25) is 0 Å². The molecule has 9 nitrogen and oxygen atoms in total. The maximum absolute atomic E-state index is 11.7. The van der Waals surface area contributed by atoms with Gasteiger partial charge in [0.25, 0.3) is 17.5 Å². The van der Waals surface area contributed by atoms with Crippen molar-refractivity contribution in [1.29, 1.82) is 0 Å². The summed E-state index contributed by atoms with van der Waals surface area (Å²) < 4.78 is 0. The second-order valence-corrected chi connectivity index (χ2v) is 4.50. The molecular formula is C12H11ClN6O3. The van der Waals surface area contributed by atoms with Gasteiger partial charge in [-0.15, -0.1) is 5.10 Å². The quantitative estimate of drug-likeness (QED) is 0.510. The maximum atomic E-state index is 11.7. The number of carbonyl (C=O) groups excluding carboxylic acids is 1. The van der Waals surface area contributed by atoms with Crippen LogP contribution in [0, 0.1) is 10.1 Å². The number of aryl methyl sites for hydroxylation is 1. The predicted octanol–water partition coefficient (Wildman–Crippen LogP) is 1.91. The molecule has 0 atom stereocenters. The number of hydrogen-bond donors (Lipinski definition) is 1. The average Bonchev–Trinajstić information content (AvgIpc) is 2.93. The second kappa shape index (κ2) is 6.76. The number of benzene rings is 1. The number of tetrazole rings is 1. The van der Waals surface area contributed by atoms with E-state index in [0.717, 1.165) is 0 Å². The third-order valence-corrected chi connectivity index (χ3v) is 2.88. The lowest BCUT2D eigenvalue weighted by atomic mass is 10.2. The van der Waals surface area contributed by atoms with Crippen LogP contribution in [0.3, 0.4) is 0 Å². The highest BCUT2D eigenvalue weighted by molar-refractivity contribution is 6.32. The van der Waals surface area contributed by atoms with Crippen molar-refractivity contribution in [3.8, 4) is 0 Å². The zero-order valence-electron chi connectivity index (χ0n) is 11.4. The van der Waals surface area contributed by atoms with Crippen molar-refractivity contribution in [2.75, 3.05) is 5.32 Å². The lowest BCUT2D eigenvalue weighted by Gasteiger charge is -1.97. The monoisotopic (exact) mass is 322 g/mol. The number of halogens is 1. The zero-order valence-corrected chi connectivity index (χ0v) is 12.2. The first kappa shape index (κ1) is 15.6. The van der Waals surface area contributed by atoms with E-state index in [-0.39, 0.29) is 16.7 Å². The van der Waals surface area contributed by atoms with Crippen molar-refractivity contribution in [3.63, 3.8) is 0 Å². The third-order valence-electron chi connectivity index (χ3n) is 2.56. The minimum absolute atomic E-state index is 0.0342. The normalized spacial score (nSPS) is 10.8. The first-order valence-electron chi connectivity index (χ1n) is 6.20. The van der Waals surface area contributed by atoms with Gasteiger partial charge in [-0.1, -0.05) is 22.8 Å². The Kier molecular flexibility index (Phi) is 4.79. The Labute approximate surface area is 129 Å². The van der Waals surface area contributed by atoms with Gasteiger partial charge in [0, 0.05) is 12.1 Å². The van der Waals surface area contributed by atoms with E-state index < -0.39 is 10.8 Å². The van der Waals surface area contributed by atoms with Crippen molar-refractivity contribution < 1.29 is 9.72 Å². The van der Waals surface area contributed by atoms with Crippen LogP contribution in [-0.4, -0.2) is 31.0 Å². The smallest absolute Gasteiger partial charge is 0.288 e. The van der Waals surface area contributed by atoms with E-state index in [0.29, 0.717) is 12.1 Å². The van der Waals surface area contributed by atoms with E-state index in [2.05, 4.69) is 20.7 Å². The lowest BCUT2D eigenvalue weighted by Crippen LogP contribution is -2.09. The van der Waals surface area contributed by atoms with Gasteiger partial charge < -0.3 is 0 Å². The first-order valence-corrected chi connectivity index (χ1v) is 6.58. The Morgan fingerprint density at radius 1 is 1.55 bits per heavy atom. The number of hydrogen-bond acceptors (Lipinski definition) is 6. The number of amides is 1. The van der Waals surface area contributed by atoms with Crippen LogP contribution in [-0.2, 0) is 11.3 Å². The van der Waals surface area contributed by atoms with E-state index in [1.807, 2.05) is 6.92 Å². The molecule has 0 radical (unpaired) electrons. The van der Waals surface area contributed by atoms with Crippen LogP contribution >= 0.6 is 11.6 Å². The highest BCUT2D eigenvalue weighted by Crippen LogP contribution is 2.25. The van der Waals surface area contributed by atoms with Crippen LogP contribution in [0.2, 0.25) is 5.02 Å². The molecule has 0 saturated carbocycles. The Balaban J connectivity index is 2.06. The van der Waals surface area contributed by atoms with Crippen LogP contribution in [0.15, 0.2) is 24.3 Å². The highest BCUT2D eigenvalue weighted by atomic mass is 35.5. The van der Waals surface area contributed by atoms with Crippen molar-refractivity contribution in [2.24, 2.45) is 0 Å². The summed E-state index contributed by atoms with van der Waals surface area (Å²) in [4.78, 5) is 23.2. The number of nitro benzene ring substituents is 1. The van der Waals surface area contributed by atoms with Crippen LogP contribution in [0.4, 0.5) is 11.6 Å². The van der Waals surface area contributed by atoms with Crippen LogP contribution in [0.1, 0.15) is 12.5 Å². The Bertz CT molecular complexity index is 742. The first-order chi connectivity index (χ1) is 10.5. The number of rotatable bonds is 5. The molecule has 10 heteroatoms. The van der Waals surface area contributed by atoms with Gasteiger partial charge >= 0.3 is 0 Å². The van der Waals surface area contributed by atoms with Gasteiger partial charge in [-0.2, -0.15) is 4.80 Å². The van der Waals surface area contributed by atoms with Crippen molar-refractivity contribution in [1.82, 2.24) is 20.2 Å². The topological polar surface area (TPSA) is 116 Å². The third kappa shape index (κ3) is 3.85. The van der Waals surface area contributed by atoms with Crippen LogP contribution in [0.5, 0.6) is 0 Å². The summed E-state index contributed by atoms with van der Waals surface area (Å²) in [6.45, 7) is 2.37. The van der Waals surface area contributed by atoms with Crippen molar-refractivity contribution in [3.05, 3.63) is 45.0 Å². The SMILES string of the molecule is CCn1nnc(NC(=O)/C=C/c2ccc(Cl)c([N+](=O)[O-])c2)n1. The molecule has 1 aromatic carbocycles. The number of nitro groups is 1. The Hall–Kier alpha value is -2.81. The average molecular weight is 323 g/mol. The molecule has 22 heavy (non-hydrogen) atoms. The summed E-state index contributed by atoms with van der Waals surface area (Å²) in [7, 11) is 0. The lowest BCUT2D eigenvalue weighted by molar-refractivity contribution is -0.384. The Morgan fingerprint density at radius 3 is 2.95 bits per heavy atom. The molecule has 1 heterocycles. The molecule has 0 fully saturated rings. The summed E-state index contributed by atoms with van der Waals surface area (Å²) in [6.07, 6.45) is 2.63. The molecule has 2 rings (SSSR count). The summed E-state index contributed by atoms with van der Waals surface area (Å²) in [6, 6.07) is 4.23. The standard InChI is InChI=1S/C12H11ClN6O3/c1-2-18-16-12(15-17-18)14-11(20)6-4-8-3-5-9(13)10(7-8)19(21)22/h3-7H,2H2,1H3,(H,14,16,20)/b6-4+. The fourth-order valence-corrected chi connectivity index (χ4v) is 1.71. The Morgan fingerprint density at radius 2 is 2.32 bits per heavy atom. The van der Waals surface area contributed by atoms with E-state index >= 15 is 0 Å². The van der Waals surface area contributed by atoms with Gasteiger partial charge in [-0.05, 0) is 29.8 Å². The maximum Gasteiger partial charge on any atom is 0.288 e. The number of anilines is 1. The molecule has 1 aromatic heterocycles. The van der Waals surface area contributed by atoms with E-state index in [9.17, 15) is 14.9 Å². The molecule has 2 aromatic rings. The summed E-state index contributed by atoms with van der Waals surface area (Å²) in [5.41, 5.74) is 0.244. The fraction of sp³-hybridized carbons (Fsp3) is 0.167. The van der Waals surface area contributed by atoms with E-state index in [1.165, 1.54) is 29.1 Å². The van der Waals surface area contributed by atoms with Gasteiger partial charge in [-0.3, -0.25) is 20.2 Å². The minimum Gasteiger partial charge on any atom is -0.288 e. The summed E-state index contributed by atoms with van der Waals surface area (Å²) in [5, 5.41) is 24.5. The molecule has 0 spiro atoms. The van der Waals surface area contributed by atoms with Crippen LogP contribution < -0.4 is 5.32 Å². The fourth-order valence-electron chi connectivity index (χ4n) is 1.52. The molecule has 0 bridgehead atoms. The molecule has 1 N–H and O–H groups in total. The minimum atomic E-state index is -0.591. The summed E-state index contributed by atoms with van der Waals surface area (Å²) in [5.74, 6) is -0.396. The number of carbonyl (C=O) groups is 1. The van der Waals surface area contributed by atoms with E-state index in [1.54, 1.807) is 6.07 Å². The molecule has 0 aliphatic rings. The molecule has 1 amide bonds. The predicted molar refractivity (Wildman–Crippen MR) is 79.3 cm³/mol. The van der Waals surface area contributed by atoms with Gasteiger partial charge in [0.05, 0.1) is 11.5 Å². The van der Waals surface area contributed by atoms with Crippen molar-refractivity contribution >= 4 is 35.2 Å². The number of nitrogens with one attached hydrogen (secondary N) is 1. The number of nitrogens with zero attached hydrogens (tertiary/aromatic N) is 5. The van der Waals surface area contributed by atoms with E-state index in [4.69, 9.17) is 11.6 Å². The molecule has 0 aliphatic carbocycles. The molecule has 0 saturated heterocycles. The molecular weight excluding hydrogens is 312 g/mol. The van der Waals surface area contributed by atoms with Gasteiger partial charge in [0.15, 0.2) is 0 Å². The molecule has 0 unspecified atom stereocenters. The summed E-state index contributed by atoms with van der Waals surface area (Å²) >= 11 is 5.71. The molecule has 0 aliphatic heterocycles. The van der Waals surface area contributed by atoms with Gasteiger partial charge in [0.1, 0.15) is 5.02 Å². The second-order valence-electron chi connectivity index (χ2n) is 4.09. The van der Waals surface area contributed by atoms with Crippen LogP contribution in [0.25, 0.3) is 6.08 Å².